The summed E-state index contributed by atoms with van der Waals surface area (Å²) in [6.45, 7) is 1.88. The molecule has 0 bridgehead atoms. The van der Waals surface area contributed by atoms with Crippen LogP contribution in [0.5, 0.6) is 0 Å². The van der Waals surface area contributed by atoms with Gasteiger partial charge in [0.05, 0.1) is 5.01 Å². The largest absolute Gasteiger partial charge is 0.452 e. The first-order valence-electron chi connectivity index (χ1n) is 6.60. The number of carbonyl (C=O) groups excluding carboxylic acids is 1. The topological polar surface area (TPSA) is 43.1 Å². The second-order valence-corrected chi connectivity index (χ2v) is 5.95. The van der Waals surface area contributed by atoms with Crippen molar-refractivity contribution in [3.63, 3.8) is 0 Å². The van der Waals surface area contributed by atoms with Gasteiger partial charge in [0.25, 0.3) is 0 Å². The fraction of sp³-hybridized carbons (Fsp3) is 0.0588. The highest BCUT2D eigenvalue weighted by atomic mass is 32.1. The predicted octanol–water partition coefficient (Wildman–Crippen LogP) is 4.58. The molecule has 4 rings (SSSR count). The first-order valence-corrected chi connectivity index (χ1v) is 7.48. The molecule has 0 unspecified atom stereocenters. The van der Waals surface area contributed by atoms with Crippen molar-refractivity contribution in [3.8, 4) is 0 Å². The molecule has 0 spiro atoms. The molecule has 0 radical (unpaired) electrons. The Bertz CT molecular complexity index is 981. The SMILES string of the molecule is Cc1nc(C(=O)c2cc3c(ccc4ccccc43)o2)cs1. The molecule has 102 valence electrons. The van der Waals surface area contributed by atoms with Crippen LogP contribution in [0.2, 0.25) is 0 Å². The highest BCUT2D eigenvalue weighted by Crippen LogP contribution is 2.29. The standard InChI is InChI=1S/C17H11NO2S/c1-10-18-14(9-21-10)17(19)16-8-13-12-5-3-2-4-11(12)6-7-15(13)20-16/h2-9H,1H3. The quantitative estimate of drug-likeness (QED) is 0.508. The van der Waals surface area contributed by atoms with Crippen molar-refractivity contribution in [2.24, 2.45) is 0 Å². The van der Waals surface area contributed by atoms with Gasteiger partial charge in [-0.25, -0.2) is 4.98 Å². The average molecular weight is 293 g/mol. The fourth-order valence-corrected chi connectivity index (χ4v) is 3.09. The van der Waals surface area contributed by atoms with Crippen molar-refractivity contribution < 1.29 is 9.21 Å². The van der Waals surface area contributed by atoms with Crippen LogP contribution in [0.4, 0.5) is 0 Å². The third-order valence-corrected chi connectivity index (χ3v) is 4.27. The molecule has 0 aliphatic carbocycles. The van der Waals surface area contributed by atoms with Gasteiger partial charge in [0.15, 0.2) is 5.76 Å². The van der Waals surface area contributed by atoms with Crippen molar-refractivity contribution >= 4 is 38.9 Å². The van der Waals surface area contributed by atoms with Gasteiger partial charge in [-0.2, -0.15) is 0 Å². The van der Waals surface area contributed by atoms with E-state index in [4.69, 9.17) is 4.42 Å². The molecule has 0 aliphatic rings. The number of rotatable bonds is 2. The van der Waals surface area contributed by atoms with Crippen LogP contribution in [0, 0.1) is 6.92 Å². The molecular formula is C17H11NO2S. The Labute approximate surface area is 124 Å². The fourth-order valence-electron chi connectivity index (χ4n) is 2.50. The molecule has 0 aliphatic heterocycles. The Balaban J connectivity index is 1.91. The summed E-state index contributed by atoms with van der Waals surface area (Å²) in [6, 6.07) is 13.8. The number of aromatic nitrogens is 1. The molecule has 2 heterocycles. The zero-order valence-electron chi connectivity index (χ0n) is 11.3. The minimum absolute atomic E-state index is 0.167. The first-order chi connectivity index (χ1) is 10.2. The van der Waals surface area contributed by atoms with E-state index in [-0.39, 0.29) is 5.78 Å². The van der Waals surface area contributed by atoms with Crippen molar-refractivity contribution in [2.45, 2.75) is 6.92 Å². The number of benzene rings is 2. The number of aryl methyl sites for hydroxylation is 1. The van der Waals surface area contributed by atoms with Crippen LogP contribution in [0.3, 0.4) is 0 Å². The predicted molar refractivity (Wildman–Crippen MR) is 84.0 cm³/mol. The summed E-state index contributed by atoms with van der Waals surface area (Å²) in [6.07, 6.45) is 0. The van der Waals surface area contributed by atoms with E-state index < -0.39 is 0 Å². The van der Waals surface area contributed by atoms with Gasteiger partial charge in [0.1, 0.15) is 11.3 Å². The highest BCUT2D eigenvalue weighted by molar-refractivity contribution is 7.09. The zero-order valence-corrected chi connectivity index (χ0v) is 12.1. The van der Waals surface area contributed by atoms with Gasteiger partial charge in [-0.3, -0.25) is 4.79 Å². The number of thiazole rings is 1. The maximum absolute atomic E-state index is 12.4. The van der Waals surface area contributed by atoms with Gasteiger partial charge in [-0.05, 0) is 29.8 Å². The van der Waals surface area contributed by atoms with Crippen LogP contribution in [-0.4, -0.2) is 10.8 Å². The highest BCUT2D eigenvalue weighted by Gasteiger charge is 2.17. The van der Waals surface area contributed by atoms with Gasteiger partial charge in [-0.1, -0.05) is 30.3 Å². The van der Waals surface area contributed by atoms with E-state index in [9.17, 15) is 4.79 Å². The Morgan fingerprint density at radius 2 is 2.00 bits per heavy atom. The number of nitrogens with zero attached hydrogens (tertiary/aromatic N) is 1. The van der Waals surface area contributed by atoms with E-state index in [2.05, 4.69) is 4.98 Å². The van der Waals surface area contributed by atoms with Crippen molar-refractivity contribution in [2.75, 3.05) is 0 Å². The third-order valence-electron chi connectivity index (χ3n) is 3.50. The lowest BCUT2D eigenvalue weighted by Crippen LogP contribution is -1.99. The molecule has 4 aromatic rings. The number of hydrogen-bond acceptors (Lipinski definition) is 4. The molecule has 0 fully saturated rings. The van der Waals surface area contributed by atoms with Crippen molar-refractivity contribution in [1.29, 1.82) is 0 Å². The van der Waals surface area contributed by atoms with Crippen LogP contribution >= 0.6 is 11.3 Å². The normalized spacial score (nSPS) is 11.3. The second-order valence-electron chi connectivity index (χ2n) is 4.89. The molecule has 2 aromatic carbocycles. The summed E-state index contributed by atoms with van der Waals surface area (Å²) in [5, 5.41) is 5.83. The molecular weight excluding hydrogens is 282 g/mol. The number of hydrogen-bond donors (Lipinski definition) is 0. The maximum atomic E-state index is 12.4. The summed E-state index contributed by atoms with van der Waals surface area (Å²) >= 11 is 1.46. The third kappa shape index (κ3) is 1.96. The lowest BCUT2D eigenvalue weighted by atomic mass is 10.1. The first kappa shape index (κ1) is 12.3. The van der Waals surface area contributed by atoms with Crippen LogP contribution in [0.25, 0.3) is 21.7 Å². The molecule has 4 heteroatoms. The van der Waals surface area contributed by atoms with E-state index >= 15 is 0 Å². The maximum Gasteiger partial charge on any atom is 0.247 e. The number of ketones is 1. The molecule has 3 nitrogen and oxygen atoms in total. The Hall–Kier alpha value is -2.46. The van der Waals surface area contributed by atoms with Gasteiger partial charge in [0, 0.05) is 10.8 Å². The van der Waals surface area contributed by atoms with E-state index in [0.717, 1.165) is 26.7 Å². The van der Waals surface area contributed by atoms with Crippen LogP contribution < -0.4 is 0 Å². The summed E-state index contributed by atoms with van der Waals surface area (Å²) in [4.78, 5) is 16.6. The summed E-state index contributed by atoms with van der Waals surface area (Å²) in [5.41, 5.74) is 1.17. The molecule has 0 amide bonds. The Morgan fingerprint density at radius 3 is 2.81 bits per heavy atom. The van der Waals surface area contributed by atoms with Crippen LogP contribution in [0.1, 0.15) is 21.3 Å². The molecule has 0 saturated heterocycles. The smallest absolute Gasteiger partial charge is 0.247 e. The molecule has 2 aromatic heterocycles. The van der Waals surface area contributed by atoms with Crippen LogP contribution in [-0.2, 0) is 0 Å². The molecule has 0 N–H and O–H groups in total. The molecule has 0 atom stereocenters. The minimum atomic E-state index is -0.167. The van der Waals surface area contributed by atoms with E-state index in [1.807, 2.05) is 49.4 Å². The number of fused-ring (bicyclic) bond motifs is 3. The summed E-state index contributed by atoms with van der Waals surface area (Å²) in [7, 11) is 0. The average Bonchev–Trinajstić information content (AvgIpc) is 3.12. The van der Waals surface area contributed by atoms with E-state index in [0.29, 0.717) is 11.5 Å². The minimum Gasteiger partial charge on any atom is -0.452 e. The van der Waals surface area contributed by atoms with Gasteiger partial charge >= 0.3 is 0 Å². The number of furan rings is 1. The van der Waals surface area contributed by atoms with Gasteiger partial charge in [-0.15, -0.1) is 11.3 Å². The zero-order chi connectivity index (χ0) is 14.4. The second kappa shape index (κ2) is 4.53. The Kier molecular flexibility index (Phi) is 2.65. The van der Waals surface area contributed by atoms with Crippen LogP contribution in [0.15, 0.2) is 52.3 Å². The van der Waals surface area contributed by atoms with Gasteiger partial charge in [0.2, 0.25) is 5.78 Å². The van der Waals surface area contributed by atoms with Crippen molar-refractivity contribution in [1.82, 2.24) is 4.98 Å². The lowest BCUT2D eigenvalue weighted by Gasteiger charge is -1.96. The molecule has 21 heavy (non-hydrogen) atoms. The Morgan fingerprint density at radius 1 is 1.14 bits per heavy atom. The summed E-state index contributed by atoms with van der Waals surface area (Å²) in [5.74, 6) is 0.172. The van der Waals surface area contributed by atoms with E-state index in [1.165, 1.54) is 11.3 Å². The van der Waals surface area contributed by atoms with Crippen molar-refractivity contribution in [3.05, 3.63) is 64.3 Å². The lowest BCUT2D eigenvalue weighted by molar-refractivity contribution is 0.101. The molecule has 0 saturated carbocycles. The number of carbonyl (C=O) groups is 1. The van der Waals surface area contributed by atoms with Gasteiger partial charge < -0.3 is 4.42 Å². The monoisotopic (exact) mass is 293 g/mol. The van der Waals surface area contributed by atoms with E-state index in [1.54, 1.807) is 5.38 Å². The summed E-state index contributed by atoms with van der Waals surface area (Å²) < 4.78 is 5.72.